The first-order valence-corrected chi connectivity index (χ1v) is 7.99. The van der Waals surface area contributed by atoms with Gasteiger partial charge in [-0.2, -0.15) is 0 Å². The van der Waals surface area contributed by atoms with Gasteiger partial charge in [-0.15, -0.1) is 11.3 Å². The Labute approximate surface area is 122 Å². The van der Waals surface area contributed by atoms with E-state index in [4.69, 9.17) is 16.3 Å². The molecule has 0 radical (unpaired) electrons. The lowest BCUT2D eigenvalue weighted by Crippen LogP contribution is -2.21. The minimum atomic E-state index is 0.352. The molecule has 2 aromatic rings. The zero-order chi connectivity index (χ0) is 13.2. The summed E-state index contributed by atoms with van der Waals surface area (Å²) >= 11 is 7.73. The molecule has 1 aliphatic rings. The summed E-state index contributed by atoms with van der Waals surface area (Å²) in [7, 11) is 0. The lowest BCUT2D eigenvalue weighted by molar-refractivity contribution is 0.00175. The van der Waals surface area contributed by atoms with Gasteiger partial charge in [-0.25, -0.2) is 9.97 Å². The van der Waals surface area contributed by atoms with Crippen molar-refractivity contribution in [1.82, 2.24) is 9.97 Å². The average Bonchev–Trinajstić information content (AvgIpc) is 2.85. The van der Waals surface area contributed by atoms with E-state index in [-0.39, 0.29) is 0 Å². The second kappa shape index (κ2) is 5.73. The predicted molar refractivity (Wildman–Crippen MR) is 78.6 cm³/mol. The number of nitrogens with zero attached hydrogens (tertiary/aromatic N) is 2. The Morgan fingerprint density at radius 2 is 2.32 bits per heavy atom. The van der Waals surface area contributed by atoms with Crippen molar-refractivity contribution in [3.05, 3.63) is 22.4 Å². The van der Waals surface area contributed by atoms with Crippen LogP contribution in [0.4, 0.5) is 0 Å². The minimum absolute atomic E-state index is 0.352. The van der Waals surface area contributed by atoms with Crippen LogP contribution in [0.15, 0.2) is 11.4 Å². The van der Waals surface area contributed by atoms with E-state index in [1.165, 1.54) is 12.8 Å². The molecule has 0 N–H and O–H groups in total. The van der Waals surface area contributed by atoms with Crippen molar-refractivity contribution in [2.45, 2.75) is 45.3 Å². The smallest absolute Gasteiger partial charge is 0.157 e. The van der Waals surface area contributed by atoms with Gasteiger partial charge in [0, 0.05) is 5.39 Å². The summed E-state index contributed by atoms with van der Waals surface area (Å²) in [5.41, 5.74) is 0. The van der Waals surface area contributed by atoms with Crippen LogP contribution in [0.2, 0.25) is 5.15 Å². The number of thiophene rings is 1. The molecule has 0 aromatic carbocycles. The van der Waals surface area contributed by atoms with Crippen LogP contribution >= 0.6 is 22.9 Å². The van der Waals surface area contributed by atoms with Gasteiger partial charge in [0.1, 0.15) is 16.6 Å². The highest BCUT2D eigenvalue weighted by Gasteiger charge is 2.19. The Hall–Kier alpha value is -0.710. The van der Waals surface area contributed by atoms with Crippen LogP contribution in [0.3, 0.4) is 0 Å². The van der Waals surface area contributed by atoms with Crippen molar-refractivity contribution < 1.29 is 4.74 Å². The molecule has 2 unspecified atom stereocenters. The monoisotopic (exact) mass is 296 g/mol. The van der Waals surface area contributed by atoms with Gasteiger partial charge >= 0.3 is 0 Å². The van der Waals surface area contributed by atoms with Gasteiger partial charge in [0.15, 0.2) is 5.82 Å². The molecule has 2 aromatic heterocycles. The fourth-order valence-electron chi connectivity index (χ4n) is 2.65. The highest BCUT2D eigenvalue weighted by Crippen LogP contribution is 2.27. The first-order valence-electron chi connectivity index (χ1n) is 6.73. The van der Waals surface area contributed by atoms with Crippen LogP contribution < -0.4 is 0 Å². The molecule has 2 heterocycles. The number of hydrogen-bond acceptors (Lipinski definition) is 4. The minimum Gasteiger partial charge on any atom is -0.370 e. The van der Waals surface area contributed by atoms with Gasteiger partial charge in [-0.3, -0.25) is 0 Å². The van der Waals surface area contributed by atoms with E-state index in [9.17, 15) is 0 Å². The third-order valence-electron chi connectivity index (χ3n) is 3.66. The quantitative estimate of drug-likeness (QED) is 0.785. The predicted octanol–water partition coefficient (Wildman–Crippen LogP) is 4.44. The molecule has 1 aliphatic carbocycles. The van der Waals surface area contributed by atoms with Gasteiger partial charge in [-0.05, 0) is 30.2 Å². The molecule has 0 saturated heterocycles. The van der Waals surface area contributed by atoms with Crippen molar-refractivity contribution in [1.29, 1.82) is 0 Å². The van der Waals surface area contributed by atoms with Crippen LogP contribution in [0.25, 0.3) is 10.2 Å². The van der Waals surface area contributed by atoms with Gasteiger partial charge in [0.05, 0.1) is 6.10 Å². The molecular weight excluding hydrogens is 280 g/mol. The van der Waals surface area contributed by atoms with Crippen LogP contribution in [0.1, 0.15) is 38.4 Å². The van der Waals surface area contributed by atoms with E-state index in [0.29, 0.717) is 23.7 Å². The first-order chi connectivity index (χ1) is 9.22. The van der Waals surface area contributed by atoms with Crippen LogP contribution in [0, 0.1) is 5.92 Å². The van der Waals surface area contributed by atoms with Crippen LogP contribution in [-0.4, -0.2) is 16.1 Å². The zero-order valence-electron chi connectivity index (χ0n) is 10.9. The highest BCUT2D eigenvalue weighted by atomic mass is 35.5. The summed E-state index contributed by atoms with van der Waals surface area (Å²) in [5.74, 6) is 1.46. The number of aromatic nitrogens is 2. The van der Waals surface area contributed by atoms with E-state index in [2.05, 4.69) is 16.9 Å². The Morgan fingerprint density at radius 3 is 3.16 bits per heavy atom. The molecule has 1 saturated carbocycles. The van der Waals surface area contributed by atoms with Gasteiger partial charge < -0.3 is 4.74 Å². The summed E-state index contributed by atoms with van der Waals surface area (Å²) in [6.07, 6.45) is 5.24. The summed E-state index contributed by atoms with van der Waals surface area (Å²) in [4.78, 5) is 9.75. The molecule has 3 nitrogen and oxygen atoms in total. The average molecular weight is 297 g/mol. The number of fused-ring (bicyclic) bond motifs is 1. The molecule has 5 heteroatoms. The fourth-order valence-corrected chi connectivity index (χ4v) is 3.74. The topological polar surface area (TPSA) is 35.0 Å². The van der Waals surface area contributed by atoms with E-state index in [0.717, 1.165) is 29.0 Å². The molecule has 3 rings (SSSR count). The molecule has 0 aliphatic heterocycles. The lowest BCUT2D eigenvalue weighted by Gasteiger charge is -2.26. The number of halogens is 1. The molecule has 0 spiro atoms. The molecule has 0 bridgehead atoms. The maximum Gasteiger partial charge on any atom is 0.157 e. The first kappa shape index (κ1) is 13.3. The van der Waals surface area contributed by atoms with Crippen molar-refractivity contribution in [2.24, 2.45) is 5.92 Å². The Morgan fingerprint density at radius 1 is 1.42 bits per heavy atom. The Balaban J connectivity index is 1.67. The Bertz CT molecular complexity index is 572. The molecule has 1 fully saturated rings. The van der Waals surface area contributed by atoms with Gasteiger partial charge in [-0.1, -0.05) is 31.4 Å². The number of rotatable bonds is 3. The van der Waals surface area contributed by atoms with Crippen molar-refractivity contribution >= 4 is 33.2 Å². The molecule has 2 atom stereocenters. The highest BCUT2D eigenvalue weighted by molar-refractivity contribution is 7.16. The number of ether oxygens (including phenoxy) is 1. The third kappa shape index (κ3) is 3.07. The Kier molecular flexibility index (Phi) is 4.01. The third-order valence-corrected chi connectivity index (χ3v) is 4.76. The standard InChI is InChI=1S/C14H17ClN2OS/c1-9-3-2-4-10(7-9)18-8-12-16-13(15)11-5-6-19-14(11)17-12/h5-6,9-10H,2-4,7-8H2,1H3. The maximum absolute atomic E-state index is 6.15. The summed E-state index contributed by atoms with van der Waals surface area (Å²) in [5, 5.41) is 3.45. The van der Waals surface area contributed by atoms with Gasteiger partial charge in [0.2, 0.25) is 0 Å². The molecular formula is C14H17ClN2OS. The normalized spacial score (nSPS) is 23.9. The van der Waals surface area contributed by atoms with E-state index in [1.54, 1.807) is 11.3 Å². The summed E-state index contributed by atoms with van der Waals surface area (Å²) in [6.45, 7) is 2.76. The second-order valence-corrected chi connectivity index (χ2v) is 6.53. The fraction of sp³-hybridized carbons (Fsp3) is 0.571. The maximum atomic E-state index is 6.15. The number of hydrogen-bond donors (Lipinski definition) is 0. The molecule has 102 valence electrons. The molecule has 19 heavy (non-hydrogen) atoms. The zero-order valence-corrected chi connectivity index (χ0v) is 12.5. The SMILES string of the molecule is CC1CCCC(OCc2nc(Cl)c3ccsc3n2)C1. The van der Waals surface area contributed by atoms with E-state index >= 15 is 0 Å². The van der Waals surface area contributed by atoms with E-state index < -0.39 is 0 Å². The van der Waals surface area contributed by atoms with E-state index in [1.807, 2.05) is 11.4 Å². The summed E-state index contributed by atoms with van der Waals surface area (Å²) in [6, 6.07) is 1.95. The molecule has 0 amide bonds. The van der Waals surface area contributed by atoms with Crippen molar-refractivity contribution in [2.75, 3.05) is 0 Å². The van der Waals surface area contributed by atoms with Crippen molar-refractivity contribution in [3.63, 3.8) is 0 Å². The summed E-state index contributed by atoms with van der Waals surface area (Å²) < 4.78 is 5.94. The van der Waals surface area contributed by atoms with Crippen LogP contribution in [0.5, 0.6) is 0 Å². The lowest BCUT2D eigenvalue weighted by atomic mass is 9.89. The van der Waals surface area contributed by atoms with Crippen LogP contribution in [-0.2, 0) is 11.3 Å². The second-order valence-electron chi connectivity index (χ2n) is 5.27. The van der Waals surface area contributed by atoms with Crippen molar-refractivity contribution in [3.8, 4) is 0 Å². The largest absolute Gasteiger partial charge is 0.370 e. The van der Waals surface area contributed by atoms with Gasteiger partial charge in [0.25, 0.3) is 0 Å².